The maximum absolute atomic E-state index is 12.9. The largest absolute Gasteiger partial charge is 0.384 e. The zero-order valence-electron chi connectivity index (χ0n) is 18.2. The molecule has 5 heteroatoms. The van der Waals surface area contributed by atoms with Gasteiger partial charge >= 0.3 is 6.03 Å². The lowest BCUT2D eigenvalue weighted by Crippen LogP contribution is -2.54. The number of amides is 2. The van der Waals surface area contributed by atoms with Crippen molar-refractivity contribution in [3.63, 3.8) is 0 Å². The van der Waals surface area contributed by atoms with Crippen LogP contribution in [0.4, 0.5) is 4.79 Å². The first-order valence-corrected chi connectivity index (χ1v) is 11.4. The van der Waals surface area contributed by atoms with Gasteiger partial charge in [-0.15, -0.1) is 0 Å². The molecule has 2 amide bonds. The Morgan fingerprint density at radius 3 is 2.34 bits per heavy atom. The molecule has 4 rings (SSSR count). The highest BCUT2D eigenvalue weighted by Crippen LogP contribution is 2.52. The number of nitrogens with zero attached hydrogens (tertiary/aromatic N) is 3. The van der Waals surface area contributed by atoms with Crippen LogP contribution in [0.3, 0.4) is 0 Å². The molecule has 0 bridgehead atoms. The van der Waals surface area contributed by atoms with Crippen molar-refractivity contribution in [1.29, 1.82) is 0 Å². The van der Waals surface area contributed by atoms with Crippen molar-refractivity contribution < 1.29 is 9.53 Å². The van der Waals surface area contributed by atoms with Gasteiger partial charge in [0.05, 0.1) is 6.61 Å². The predicted molar refractivity (Wildman–Crippen MR) is 116 cm³/mol. The summed E-state index contributed by atoms with van der Waals surface area (Å²) in [5.41, 5.74) is 1.75. The molecule has 160 valence electrons. The molecule has 0 radical (unpaired) electrons. The van der Waals surface area contributed by atoms with Crippen LogP contribution in [-0.4, -0.2) is 80.8 Å². The number of hydrogen-bond donors (Lipinski definition) is 0. The zero-order valence-corrected chi connectivity index (χ0v) is 18.2. The van der Waals surface area contributed by atoms with E-state index in [9.17, 15) is 4.79 Å². The van der Waals surface area contributed by atoms with Gasteiger partial charge in [0.25, 0.3) is 0 Å². The Morgan fingerprint density at radius 2 is 1.69 bits per heavy atom. The second kappa shape index (κ2) is 9.05. The molecule has 29 heavy (non-hydrogen) atoms. The van der Waals surface area contributed by atoms with Crippen LogP contribution in [0, 0.1) is 11.3 Å². The van der Waals surface area contributed by atoms with Gasteiger partial charge in [-0.1, -0.05) is 30.3 Å². The summed E-state index contributed by atoms with van der Waals surface area (Å²) >= 11 is 0. The summed E-state index contributed by atoms with van der Waals surface area (Å²) in [5, 5.41) is 0. The highest BCUT2D eigenvalue weighted by molar-refractivity contribution is 5.74. The fraction of sp³-hybridized carbons (Fsp3) is 0.708. The third-order valence-electron chi connectivity index (χ3n) is 7.51. The zero-order chi connectivity index (χ0) is 20.3. The predicted octanol–water partition coefficient (Wildman–Crippen LogP) is 3.67. The molecule has 3 aliphatic rings. The van der Waals surface area contributed by atoms with Crippen molar-refractivity contribution >= 4 is 6.03 Å². The Morgan fingerprint density at radius 1 is 1.03 bits per heavy atom. The maximum atomic E-state index is 12.9. The first-order chi connectivity index (χ1) is 14.1. The third-order valence-corrected chi connectivity index (χ3v) is 7.51. The Balaban J connectivity index is 1.27. The van der Waals surface area contributed by atoms with Crippen LogP contribution in [0.2, 0.25) is 0 Å². The van der Waals surface area contributed by atoms with Crippen molar-refractivity contribution in [2.45, 2.75) is 38.0 Å². The summed E-state index contributed by atoms with van der Waals surface area (Å²) < 4.78 is 5.65. The van der Waals surface area contributed by atoms with E-state index in [0.29, 0.717) is 0 Å². The molecule has 0 N–H and O–H groups in total. The molecule has 5 nitrogen and oxygen atoms in total. The molecule has 1 aliphatic carbocycles. The summed E-state index contributed by atoms with van der Waals surface area (Å²) in [4.78, 5) is 19.3. The minimum absolute atomic E-state index is 0.246. The highest BCUT2D eigenvalue weighted by Gasteiger charge is 2.42. The van der Waals surface area contributed by atoms with Gasteiger partial charge in [0.2, 0.25) is 0 Å². The summed E-state index contributed by atoms with van der Waals surface area (Å²) in [6.45, 7) is 6.26. The van der Waals surface area contributed by atoms with Gasteiger partial charge in [-0.3, -0.25) is 0 Å². The lowest BCUT2D eigenvalue weighted by molar-refractivity contribution is 0.0160. The Bertz CT molecular complexity index is 664. The van der Waals surface area contributed by atoms with Crippen LogP contribution in [0.5, 0.6) is 0 Å². The van der Waals surface area contributed by atoms with E-state index in [4.69, 9.17) is 4.74 Å². The summed E-state index contributed by atoms with van der Waals surface area (Å²) in [6, 6.07) is 11.2. The smallest absolute Gasteiger partial charge is 0.320 e. The maximum Gasteiger partial charge on any atom is 0.320 e. The van der Waals surface area contributed by atoms with Crippen LogP contribution in [0.25, 0.3) is 0 Å². The van der Waals surface area contributed by atoms with Crippen LogP contribution in [-0.2, 0) is 4.74 Å². The number of piperazine rings is 1. The number of likely N-dealkylation sites (N-methyl/N-ethyl adjacent to an activating group) is 1. The standard InChI is InChI=1S/C24H37N3O2/c1-25-14-16-27(17-15-25)23(28)26-12-10-24(11-13-26,19-29-2)9-8-21-18-22(21)20-6-4-3-5-7-20/h3-7,21-22H,8-19H2,1-2H3/t21-,22?/m1/s1. The highest BCUT2D eigenvalue weighted by atomic mass is 16.5. The normalized spacial score (nSPS) is 27.1. The van der Waals surface area contributed by atoms with Crippen LogP contribution >= 0.6 is 0 Å². The second-order valence-corrected chi connectivity index (χ2v) is 9.54. The molecule has 0 aromatic heterocycles. The molecule has 1 aromatic rings. The molecule has 1 saturated carbocycles. The van der Waals surface area contributed by atoms with Crippen molar-refractivity contribution in [3.8, 4) is 0 Å². The van der Waals surface area contributed by atoms with Crippen molar-refractivity contribution in [3.05, 3.63) is 35.9 Å². The lowest BCUT2D eigenvalue weighted by atomic mass is 9.75. The minimum atomic E-state index is 0.246. The van der Waals surface area contributed by atoms with Gasteiger partial charge in [0.1, 0.15) is 0 Å². The van der Waals surface area contributed by atoms with E-state index in [0.717, 1.165) is 70.6 Å². The monoisotopic (exact) mass is 399 g/mol. The molecule has 3 fully saturated rings. The first-order valence-electron chi connectivity index (χ1n) is 11.4. The number of carbonyl (C=O) groups is 1. The van der Waals surface area contributed by atoms with Crippen molar-refractivity contribution in [1.82, 2.24) is 14.7 Å². The molecule has 0 spiro atoms. The minimum Gasteiger partial charge on any atom is -0.384 e. The van der Waals surface area contributed by atoms with E-state index in [1.54, 1.807) is 0 Å². The molecule has 1 aromatic carbocycles. The average Bonchev–Trinajstić information content (AvgIpc) is 3.54. The number of piperidine rings is 1. The number of benzene rings is 1. The molecule has 1 unspecified atom stereocenters. The lowest BCUT2D eigenvalue weighted by Gasteiger charge is -2.44. The SMILES string of the molecule is COCC1(CC[C@@H]2CC2c2ccccc2)CCN(C(=O)N2CCN(C)CC2)CC1. The van der Waals surface area contributed by atoms with E-state index in [1.165, 1.54) is 24.8 Å². The fourth-order valence-electron chi connectivity index (χ4n) is 5.31. The van der Waals surface area contributed by atoms with Crippen LogP contribution in [0.1, 0.15) is 43.6 Å². The average molecular weight is 400 g/mol. The van der Waals surface area contributed by atoms with Gasteiger partial charge in [0.15, 0.2) is 0 Å². The third kappa shape index (κ3) is 4.95. The van der Waals surface area contributed by atoms with E-state index < -0.39 is 0 Å². The van der Waals surface area contributed by atoms with Crippen LogP contribution < -0.4 is 0 Å². The first kappa shape index (κ1) is 20.7. The molecular weight excluding hydrogens is 362 g/mol. The van der Waals surface area contributed by atoms with Crippen LogP contribution in [0.15, 0.2) is 30.3 Å². The van der Waals surface area contributed by atoms with E-state index in [1.807, 2.05) is 12.0 Å². The molecular formula is C24H37N3O2. The van der Waals surface area contributed by atoms with Crippen molar-refractivity contribution in [2.75, 3.05) is 60.0 Å². The molecule has 2 saturated heterocycles. The number of urea groups is 1. The Kier molecular flexibility index (Phi) is 6.45. The van der Waals surface area contributed by atoms with E-state index in [-0.39, 0.29) is 11.4 Å². The van der Waals surface area contributed by atoms with Gasteiger partial charge in [-0.25, -0.2) is 4.79 Å². The van der Waals surface area contributed by atoms with Gasteiger partial charge in [-0.2, -0.15) is 0 Å². The molecule has 2 heterocycles. The number of rotatable bonds is 6. The molecule has 2 atom stereocenters. The van der Waals surface area contributed by atoms with Gasteiger partial charge in [-0.05, 0) is 62.0 Å². The number of methoxy groups -OCH3 is 1. The topological polar surface area (TPSA) is 36.0 Å². The molecule has 2 aliphatic heterocycles. The quantitative estimate of drug-likeness (QED) is 0.732. The summed E-state index contributed by atoms with van der Waals surface area (Å²) in [6.07, 6.45) is 5.99. The summed E-state index contributed by atoms with van der Waals surface area (Å²) in [7, 11) is 3.96. The number of carbonyl (C=O) groups excluding carboxylic acids is 1. The number of hydrogen-bond acceptors (Lipinski definition) is 3. The summed E-state index contributed by atoms with van der Waals surface area (Å²) in [5.74, 6) is 1.59. The van der Waals surface area contributed by atoms with Crippen molar-refractivity contribution in [2.24, 2.45) is 11.3 Å². The fourth-order valence-corrected chi connectivity index (χ4v) is 5.31. The Labute approximate surface area is 176 Å². The van der Waals surface area contributed by atoms with E-state index >= 15 is 0 Å². The van der Waals surface area contributed by atoms with E-state index in [2.05, 4.69) is 47.2 Å². The number of likely N-dealkylation sites (tertiary alicyclic amines) is 1. The Hall–Kier alpha value is -1.59. The van der Waals surface area contributed by atoms with Gasteiger partial charge in [0, 0.05) is 46.4 Å². The number of ether oxygens (including phenoxy) is 1. The van der Waals surface area contributed by atoms with Gasteiger partial charge < -0.3 is 19.4 Å². The second-order valence-electron chi connectivity index (χ2n) is 9.54.